The number of nitrogen functional groups attached to an aromatic ring is 1. The van der Waals surface area contributed by atoms with E-state index >= 15 is 0 Å². The molecule has 3 atom stereocenters. The van der Waals surface area contributed by atoms with Gasteiger partial charge in [0.1, 0.15) is 5.82 Å². The van der Waals surface area contributed by atoms with Gasteiger partial charge in [-0.1, -0.05) is 6.42 Å². The monoisotopic (exact) mass is 405 g/mol. The van der Waals surface area contributed by atoms with Crippen molar-refractivity contribution in [3.05, 3.63) is 29.6 Å². The minimum atomic E-state index is 0.609. The van der Waals surface area contributed by atoms with Crippen LogP contribution in [0.1, 0.15) is 55.2 Å². The minimum absolute atomic E-state index is 0.609. The molecule has 6 nitrogen and oxygen atoms in total. The molecule has 0 unspecified atom stereocenters. The number of likely N-dealkylation sites (tertiary alicyclic amines) is 1. The summed E-state index contributed by atoms with van der Waals surface area (Å²) in [6, 6.07) is 5.31. The van der Waals surface area contributed by atoms with Crippen LogP contribution in [0, 0.1) is 17.8 Å². The molecule has 3 saturated carbocycles. The van der Waals surface area contributed by atoms with E-state index in [4.69, 9.17) is 15.6 Å². The second-order valence-corrected chi connectivity index (χ2v) is 10.4. The average molecular weight is 406 g/mol. The van der Waals surface area contributed by atoms with Gasteiger partial charge in [0.2, 0.25) is 0 Å². The topological polar surface area (TPSA) is 69.2 Å². The van der Waals surface area contributed by atoms with Gasteiger partial charge >= 0.3 is 0 Å². The Morgan fingerprint density at radius 1 is 1.07 bits per heavy atom. The van der Waals surface area contributed by atoms with Crippen molar-refractivity contribution < 1.29 is 4.74 Å². The fourth-order valence-electron chi connectivity index (χ4n) is 5.99. The van der Waals surface area contributed by atoms with Gasteiger partial charge < -0.3 is 10.5 Å². The standard InChI is InChI=1S/C24H31N5O/c25-24-18(15-4-5-15)6-16(8-26-24)21-7-22(29(27-21)9-14-2-1-3-14)23-19-10-28(11-20(19)23)17-12-30-13-17/h6-8,14-15,17,19-20,23H,1-5,9-13H2,(H2,25,26)/t19-,20+,23-. The van der Waals surface area contributed by atoms with Crippen molar-refractivity contribution in [2.75, 3.05) is 32.0 Å². The molecule has 4 heterocycles. The highest BCUT2D eigenvalue weighted by molar-refractivity contribution is 5.63. The zero-order valence-electron chi connectivity index (χ0n) is 17.5. The van der Waals surface area contributed by atoms with E-state index in [9.17, 15) is 0 Å². The summed E-state index contributed by atoms with van der Waals surface area (Å²) in [5.41, 5.74) is 11.1. The number of nitrogens with zero attached hydrogens (tertiary/aromatic N) is 4. The molecule has 30 heavy (non-hydrogen) atoms. The van der Waals surface area contributed by atoms with Crippen LogP contribution in [0.3, 0.4) is 0 Å². The first-order chi connectivity index (χ1) is 14.7. The van der Waals surface area contributed by atoms with Gasteiger partial charge in [0.25, 0.3) is 0 Å². The number of aromatic nitrogens is 3. The summed E-state index contributed by atoms with van der Waals surface area (Å²) < 4.78 is 7.78. The van der Waals surface area contributed by atoms with E-state index in [1.165, 1.54) is 56.5 Å². The summed E-state index contributed by atoms with van der Waals surface area (Å²) >= 11 is 0. The molecule has 2 aliphatic heterocycles. The molecule has 5 fully saturated rings. The highest BCUT2D eigenvalue weighted by atomic mass is 16.5. The SMILES string of the molecule is Nc1ncc(-c2cc([C@@H]3[C@@H]4CN(C5COC5)C[C@@H]43)n(CC3CCC3)n2)cc1C1CC1. The second-order valence-electron chi connectivity index (χ2n) is 10.4. The fourth-order valence-corrected chi connectivity index (χ4v) is 5.99. The maximum absolute atomic E-state index is 6.16. The lowest BCUT2D eigenvalue weighted by molar-refractivity contribution is -0.0610. The molecule has 0 amide bonds. The van der Waals surface area contributed by atoms with Crippen molar-refractivity contribution in [1.29, 1.82) is 0 Å². The molecule has 0 aromatic carbocycles. The molecule has 2 saturated heterocycles. The van der Waals surface area contributed by atoms with Crippen molar-refractivity contribution in [1.82, 2.24) is 19.7 Å². The van der Waals surface area contributed by atoms with Gasteiger partial charge in [0.15, 0.2) is 0 Å². The largest absolute Gasteiger partial charge is 0.383 e. The number of rotatable bonds is 6. The van der Waals surface area contributed by atoms with Crippen LogP contribution in [0.25, 0.3) is 11.3 Å². The molecule has 6 heteroatoms. The number of nitrogens with two attached hydrogens (primary N) is 1. The number of hydrogen-bond acceptors (Lipinski definition) is 5. The molecular weight excluding hydrogens is 374 g/mol. The third kappa shape index (κ3) is 2.83. The number of hydrogen-bond donors (Lipinski definition) is 1. The highest BCUT2D eigenvalue weighted by Crippen LogP contribution is 2.59. The number of anilines is 1. The molecule has 3 aliphatic carbocycles. The van der Waals surface area contributed by atoms with Crippen molar-refractivity contribution >= 4 is 5.82 Å². The summed E-state index contributed by atoms with van der Waals surface area (Å²) in [6.07, 6.45) is 8.50. The Morgan fingerprint density at radius 3 is 2.50 bits per heavy atom. The summed E-state index contributed by atoms with van der Waals surface area (Å²) in [5, 5.41) is 5.13. The zero-order valence-corrected chi connectivity index (χ0v) is 17.5. The van der Waals surface area contributed by atoms with Gasteiger partial charge in [-0.05, 0) is 67.1 Å². The van der Waals surface area contributed by atoms with E-state index < -0.39 is 0 Å². The Hall–Kier alpha value is -1.92. The van der Waals surface area contributed by atoms with Crippen LogP contribution in [0.5, 0.6) is 0 Å². The predicted molar refractivity (Wildman–Crippen MR) is 115 cm³/mol. The highest BCUT2D eigenvalue weighted by Gasteiger charge is 2.58. The predicted octanol–water partition coefficient (Wildman–Crippen LogP) is 3.25. The van der Waals surface area contributed by atoms with Crippen molar-refractivity contribution in [3.8, 4) is 11.3 Å². The third-order valence-electron chi connectivity index (χ3n) is 8.43. The molecule has 2 aromatic rings. The van der Waals surface area contributed by atoms with Crippen LogP contribution < -0.4 is 5.73 Å². The third-order valence-corrected chi connectivity index (χ3v) is 8.43. The van der Waals surface area contributed by atoms with E-state index in [1.807, 2.05) is 6.20 Å². The Balaban J connectivity index is 1.17. The fraction of sp³-hybridized carbons (Fsp3) is 0.667. The van der Waals surface area contributed by atoms with Gasteiger partial charge in [-0.2, -0.15) is 5.10 Å². The average Bonchev–Trinajstić information content (AvgIpc) is 3.53. The number of piperidine rings is 1. The summed E-state index contributed by atoms with van der Waals surface area (Å²) in [6.45, 7) is 5.43. The van der Waals surface area contributed by atoms with Crippen LogP contribution in [-0.4, -0.2) is 52.0 Å². The molecule has 0 bridgehead atoms. The Labute approximate surface area is 177 Å². The van der Waals surface area contributed by atoms with Gasteiger partial charge in [-0.3, -0.25) is 9.58 Å². The van der Waals surface area contributed by atoms with E-state index in [2.05, 4.69) is 26.7 Å². The molecule has 2 N–H and O–H groups in total. The first-order valence-electron chi connectivity index (χ1n) is 11.9. The van der Waals surface area contributed by atoms with Gasteiger partial charge in [-0.15, -0.1) is 0 Å². The normalized spacial score (nSPS) is 31.4. The van der Waals surface area contributed by atoms with Crippen molar-refractivity contribution in [2.24, 2.45) is 17.8 Å². The van der Waals surface area contributed by atoms with Crippen LogP contribution in [0.15, 0.2) is 18.3 Å². The summed E-state index contributed by atoms with van der Waals surface area (Å²) in [5.74, 6) is 4.42. The molecule has 0 radical (unpaired) electrons. The van der Waals surface area contributed by atoms with Gasteiger partial charge in [-0.25, -0.2) is 4.98 Å². The lowest BCUT2D eigenvalue weighted by Crippen LogP contribution is -2.48. The first kappa shape index (κ1) is 17.7. The van der Waals surface area contributed by atoms with E-state index in [0.717, 1.165) is 48.8 Å². The van der Waals surface area contributed by atoms with E-state index in [-0.39, 0.29) is 0 Å². The summed E-state index contributed by atoms with van der Waals surface area (Å²) in [7, 11) is 0. The zero-order chi connectivity index (χ0) is 19.8. The Morgan fingerprint density at radius 2 is 1.87 bits per heavy atom. The van der Waals surface area contributed by atoms with E-state index in [0.29, 0.717) is 23.7 Å². The van der Waals surface area contributed by atoms with Crippen LogP contribution in [0.2, 0.25) is 0 Å². The minimum Gasteiger partial charge on any atom is -0.383 e. The number of pyridine rings is 1. The van der Waals surface area contributed by atoms with Crippen molar-refractivity contribution in [3.63, 3.8) is 0 Å². The Kier molecular flexibility index (Phi) is 3.86. The maximum Gasteiger partial charge on any atom is 0.126 e. The summed E-state index contributed by atoms with van der Waals surface area (Å²) in [4.78, 5) is 7.18. The lowest BCUT2D eigenvalue weighted by atomic mass is 9.85. The van der Waals surface area contributed by atoms with Gasteiger partial charge in [0.05, 0.1) is 24.9 Å². The van der Waals surface area contributed by atoms with Gasteiger partial charge in [0, 0.05) is 43.0 Å². The molecule has 5 aliphatic rings. The molecule has 0 spiro atoms. The van der Waals surface area contributed by atoms with Crippen LogP contribution in [0.4, 0.5) is 5.82 Å². The molecular formula is C24H31N5O. The first-order valence-corrected chi connectivity index (χ1v) is 11.9. The lowest BCUT2D eigenvalue weighted by Gasteiger charge is -2.36. The number of fused-ring (bicyclic) bond motifs is 1. The quantitative estimate of drug-likeness (QED) is 0.799. The van der Waals surface area contributed by atoms with E-state index in [1.54, 1.807) is 0 Å². The number of ether oxygens (including phenoxy) is 1. The maximum atomic E-state index is 6.16. The van der Waals surface area contributed by atoms with Crippen LogP contribution in [-0.2, 0) is 11.3 Å². The second kappa shape index (κ2) is 6.54. The molecule has 2 aromatic heterocycles. The van der Waals surface area contributed by atoms with Crippen molar-refractivity contribution in [2.45, 2.75) is 56.5 Å². The molecule has 7 rings (SSSR count). The Bertz CT molecular complexity index is 962. The smallest absolute Gasteiger partial charge is 0.126 e. The van der Waals surface area contributed by atoms with Crippen LogP contribution >= 0.6 is 0 Å². The molecule has 158 valence electrons.